The maximum atomic E-state index is 12.9. The minimum Gasteiger partial charge on any atom is -0.380 e. The second-order valence-electron chi connectivity index (χ2n) is 10.1. The number of carbonyl (C=O) groups is 1. The van der Waals surface area contributed by atoms with Gasteiger partial charge in [0.15, 0.2) is 9.84 Å². The Kier molecular flexibility index (Phi) is 7.24. The molecule has 1 aliphatic rings. The van der Waals surface area contributed by atoms with Crippen LogP contribution in [0.1, 0.15) is 28.5 Å². The number of hydrogen-bond donors (Lipinski definition) is 1. The molecule has 4 aromatic heterocycles. The number of hydrogen-bond acceptors (Lipinski definition) is 8. The van der Waals surface area contributed by atoms with Crippen LogP contribution >= 0.6 is 0 Å². The van der Waals surface area contributed by atoms with Crippen molar-refractivity contribution in [2.75, 3.05) is 19.5 Å². The molecule has 11 heteroatoms. The molecule has 0 spiro atoms. The van der Waals surface area contributed by atoms with Gasteiger partial charge < -0.3 is 19.4 Å². The summed E-state index contributed by atoms with van der Waals surface area (Å²) in [7, 11) is -1.81. The number of sulfone groups is 1. The zero-order valence-electron chi connectivity index (χ0n) is 22.7. The van der Waals surface area contributed by atoms with E-state index in [9.17, 15) is 13.2 Å². The fraction of sp³-hybridized carbons (Fsp3) is 0.267. The van der Waals surface area contributed by atoms with Crippen LogP contribution in [0.15, 0.2) is 72.0 Å². The summed E-state index contributed by atoms with van der Waals surface area (Å²) in [5, 5.41) is 4.72. The van der Waals surface area contributed by atoms with Crippen molar-refractivity contribution >= 4 is 37.7 Å². The van der Waals surface area contributed by atoms with Crippen molar-refractivity contribution in [1.29, 1.82) is 0 Å². The Morgan fingerprint density at radius 1 is 1.15 bits per heavy atom. The summed E-state index contributed by atoms with van der Waals surface area (Å²) in [6.07, 6.45) is 5.58. The van der Waals surface area contributed by atoms with Crippen LogP contribution in [0.3, 0.4) is 0 Å². The third-order valence-corrected chi connectivity index (χ3v) is 9.03. The summed E-state index contributed by atoms with van der Waals surface area (Å²) in [6, 6.07) is 14.5. The molecule has 5 aromatic rings. The molecule has 1 N–H and O–H groups in total. The van der Waals surface area contributed by atoms with Gasteiger partial charge in [0.2, 0.25) is 0 Å². The molecule has 1 aromatic carbocycles. The minimum absolute atomic E-state index is 0.0562. The van der Waals surface area contributed by atoms with Crippen LogP contribution in [0.5, 0.6) is 0 Å². The van der Waals surface area contributed by atoms with Crippen LogP contribution in [0.4, 0.5) is 0 Å². The summed E-state index contributed by atoms with van der Waals surface area (Å²) < 4.78 is 38.0. The minimum atomic E-state index is -3.51. The Bertz CT molecular complexity index is 1890. The Hall–Kier alpha value is -4.19. The predicted octanol–water partition coefficient (Wildman–Crippen LogP) is 3.92. The van der Waals surface area contributed by atoms with Crippen molar-refractivity contribution in [3.63, 3.8) is 0 Å². The van der Waals surface area contributed by atoms with Gasteiger partial charge in [-0.05, 0) is 55.0 Å². The molecule has 5 heterocycles. The van der Waals surface area contributed by atoms with Crippen LogP contribution in [-0.4, -0.2) is 59.4 Å². The highest BCUT2D eigenvalue weighted by Crippen LogP contribution is 2.29. The quantitative estimate of drug-likeness (QED) is 0.312. The zero-order chi connectivity index (χ0) is 28.6. The van der Waals surface area contributed by atoms with Gasteiger partial charge in [0, 0.05) is 54.1 Å². The molecule has 0 fully saturated rings. The number of amides is 1. The van der Waals surface area contributed by atoms with Crippen molar-refractivity contribution in [2.24, 2.45) is 0 Å². The SMILES string of the molecule is CO[C@@H](C)Cn1ccc2c(-c3ccc4cnc(CNC(=O)c5ccc6c(c5)S(=O)(=O)CCOC6)cc4n3)ccnc21. The molecule has 1 amide bonds. The smallest absolute Gasteiger partial charge is 0.251 e. The largest absolute Gasteiger partial charge is 0.380 e. The fourth-order valence-electron chi connectivity index (χ4n) is 4.96. The topological polar surface area (TPSA) is 125 Å². The molecule has 0 bridgehead atoms. The molecule has 0 saturated heterocycles. The molecule has 0 radical (unpaired) electrons. The lowest BCUT2D eigenvalue weighted by molar-refractivity contribution is 0.0949. The van der Waals surface area contributed by atoms with E-state index >= 15 is 0 Å². The van der Waals surface area contributed by atoms with Gasteiger partial charge >= 0.3 is 0 Å². The molecule has 210 valence electrons. The number of fused-ring (bicyclic) bond motifs is 3. The van der Waals surface area contributed by atoms with Crippen LogP contribution in [0.25, 0.3) is 33.2 Å². The molecule has 41 heavy (non-hydrogen) atoms. The van der Waals surface area contributed by atoms with E-state index in [1.165, 1.54) is 6.07 Å². The number of nitrogens with one attached hydrogen (secondary N) is 1. The number of carbonyl (C=O) groups excluding carboxylic acids is 1. The van der Waals surface area contributed by atoms with Crippen LogP contribution in [0, 0.1) is 0 Å². The highest BCUT2D eigenvalue weighted by atomic mass is 32.2. The van der Waals surface area contributed by atoms with Gasteiger partial charge in [-0.1, -0.05) is 6.07 Å². The molecule has 1 aliphatic heterocycles. The van der Waals surface area contributed by atoms with E-state index < -0.39 is 9.84 Å². The lowest BCUT2D eigenvalue weighted by atomic mass is 10.1. The van der Waals surface area contributed by atoms with E-state index in [2.05, 4.69) is 19.9 Å². The van der Waals surface area contributed by atoms with Gasteiger partial charge in [-0.15, -0.1) is 0 Å². The van der Waals surface area contributed by atoms with Gasteiger partial charge in [0.25, 0.3) is 5.91 Å². The lowest BCUT2D eigenvalue weighted by Crippen LogP contribution is -2.23. The molecule has 0 aliphatic carbocycles. The van der Waals surface area contributed by atoms with E-state index in [0.717, 1.165) is 33.2 Å². The normalized spacial score (nSPS) is 15.4. The number of ether oxygens (including phenoxy) is 2. The van der Waals surface area contributed by atoms with Crippen molar-refractivity contribution in [3.05, 3.63) is 83.9 Å². The van der Waals surface area contributed by atoms with Crippen molar-refractivity contribution in [1.82, 2.24) is 24.8 Å². The van der Waals surface area contributed by atoms with E-state index in [0.29, 0.717) is 17.8 Å². The fourth-order valence-corrected chi connectivity index (χ4v) is 6.35. The van der Waals surface area contributed by atoms with Crippen molar-refractivity contribution in [3.8, 4) is 11.3 Å². The first-order valence-corrected chi connectivity index (χ1v) is 14.9. The maximum absolute atomic E-state index is 12.9. The Balaban J connectivity index is 1.23. The average molecular weight is 572 g/mol. The average Bonchev–Trinajstić information content (AvgIpc) is 3.33. The second-order valence-corrected chi connectivity index (χ2v) is 12.1. The number of nitrogens with zero attached hydrogens (tertiary/aromatic N) is 4. The number of aromatic nitrogens is 4. The Morgan fingerprint density at radius 3 is 2.88 bits per heavy atom. The second kappa shape index (κ2) is 11.0. The molecule has 0 unspecified atom stereocenters. The van der Waals surface area contributed by atoms with Crippen LogP contribution in [-0.2, 0) is 39.0 Å². The van der Waals surface area contributed by atoms with Gasteiger partial charge in [0.05, 0.1) is 53.4 Å². The van der Waals surface area contributed by atoms with Gasteiger partial charge in [-0.2, -0.15) is 0 Å². The first-order valence-electron chi connectivity index (χ1n) is 13.3. The molecule has 1 atom stereocenters. The predicted molar refractivity (Wildman–Crippen MR) is 154 cm³/mol. The van der Waals surface area contributed by atoms with Crippen LogP contribution in [0.2, 0.25) is 0 Å². The monoisotopic (exact) mass is 571 g/mol. The number of pyridine rings is 3. The molecule has 6 rings (SSSR count). The third-order valence-electron chi connectivity index (χ3n) is 7.27. The van der Waals surface area contributed by atoms with Crippen LogP contribution < -0.4 is 5.32 Å². The Labute approximate surface area is 237 Å². The lowest BCUT2D eigenvalue weighted by Gasteiger charge is -2.11. The standard InChI is InChI=1S/C30H29N5O5S/c1-19(39-2)17-35-10-8-25-24(7-9-31-29(25)35)26-6-5-21-15-32-23(14-27(21)34-26)16-33-30(36)20-3-4-22-18-40-11-12-41(37,38)28(22)13-20/h3-10,13-15,19H,11-12,16-18H2,1-2H3,(H,33,36)/t19-/m0/s1. The van der Waals surface area contributed by atoms with E-state index in [4.69, 9.17) is 14.5 Å². The number of benzene rings is 1. The number of rotatable bonds is 7. The molecular weight excluding hydrogens is 542 g/mol. The van der Waals surface area contributed by atoms with Gasteiger partial charge in [-0.25, -0.2) is 18.4 Å². The summed E-state index contributed by atoms with van der Waals surface area (Å²) in [5.41, 5.74) is 4.84. The molecule has 10 nitrogen and oxygen atoms in total. The molecule has 0 saturated carbocycles. The summed E-state index contributed by atoms with van der Waals surface area (Å²) in [5.74, 6) is -0.492. The summed E-state index contributed by atoms with van der Waals surface area (Å²) in [4.78, 5) is 27.0. The van der Waals surface area contributed by atoms with Gasteiger partial charge in [-0.3, -0.25) is 9.78 Å². The first-order chi connectivity index (χ1) is 19.8. The maximum Gasteiger partial charge on any atom is 0.251 e. The zero-order valence-corrected chi connectivity index (χ0v) is 23.5. The summed E-state index contributed by atoms with van der Waals surface area (Å²) >= 11 is 0. The van der Waals surface area contributed by atoms with Crippen molar-refractivity contribution in [2.45, 2.75) is 37.6 Å². The van der Waals surface area contributed by atoms with E-state index in [1.54, 1.807) is 31.6 Å². The number of methoxy groups -OCH3 is 1. The van der Waals surface area contributed by atoms with E-state index in [-0.39, 0.29) is 48.0 Å². The first kappa shape index (κ1) is 27.0. The van der Waals surface area contributed by atoms with Gasteiger partial charge in [0.1, 0.15) is 5.65 Å². The highest BCUT2D eigenvalue weighted by molar-refractivity contribution is 7.91. The third kappa shape index (κ3) is 5.43. The summed E-state index contributed by atoms with van der Waals surface area (Å²) in [6.45, 7) is 3.21. The molecular formula is C30H29N5O5S. The van der Waals surface area contributed by atoms with E-state index in [1.807, 2.05) is 43.5 Å². The van der Waals surface area contributed by atoms with Crippen molar-refractivity contribution < 1.29 is 22.7 Å². The Morgan fingerprint density at radius 2 is 2.02 bits per heavy atom. The highest BCUT2D eigenvalue weighted by Gasteiger charge is 2.23.